The van der Waals surface area contributed by atoms with Crippen LogP contribution in [0, 0.1) is 11.8 Å². The molecule has 1 aliphatic carbocycles. The van der Waals surface area contributed by atoms with Crippen LogP contribution in [0.1, 0.15) is 85.1 Å². The van der Waals surface area contributed by atoms with Gasteiger partial charge in [-0.25, -0.2) is 0 Å². The molecule has 1 N–H and O–H groups in total. The van der Waals surface area contributed by atoms with Crippen LogP contribution < -0.4 is 5.32 Å². The summed E-state index contributed by atoms with van der Waals surface area (Å²) in [5.41, 5.74) is 1.78. The van der Waals surface area contributed by atoms with Crippen molar-refractivity contribution in [3.8, 4) is 0 Å². The number of nitrogens with one attached hydrogen (secondary N) is 1. The second kappa shape index (κ2) is 9.14. The lowest BCUT2D eigenvalue weighted by Crippen LogP contribution is -2.54. The first-order chi connectivity index (χ1) is 15.3. The number of carbonyl (C=O) groups is 4. The number of fused-ring (bicyclic) bond motifs is 1. The Morgan fingerprint density at radius 2 is 1.72 bits per heavy atom. The van der Waals surface area contributed by atoms with Crippen molar-refractivity contribution in [1.29, 1.82) is 0 Å². The van der Waals surface area contributed by atoms with Gasteiger partial charge >= 0.3 is 0 Å². The summed E-state index contributed by atoms with van der Waals surface area (Å²) in [6.45, 7) is 9.99. The Balaban J connectivity index is 1.39. The zero-order chi connectivity index (χ0) is 23.0. The first kappa shape index (κ1) is 22.6. The van der Waals surface area contributed by atoms with Crippen molar-refractivity contribution in [2.75, 3.05) is 19.6 Å². The molecule has 0 aromatic heterocycles. The number of benzene rings is 1. The van der Waals surface area contributed by atoms with Gasteiger partial charge in [0.15, 0.2) is 0 Å². The van der Waals surface area contributed by atoms with Gasteiger partial charge in [-0.2, -0.15) is 0 Å². The number of nitrogens with zero attached hydrogens (tertiary/aromatic N) is 2. The summed E-state index contributed by atoms with van der Waals surface area (Å²) in [4.78, 5) is 53.1. The van der Waals surface area contributed by atoms with E-state index < -0.39 is 23.8 Å². The minimum Gasteiger partial charge on any atom is -0.304 e. The summed E-state index contributed by atoms with van der Waals surface area (Å²) < 4.78 is 0. The fourth-order valence-corrected chi connectivity index (χ4v) is 5.49. The van der Waals surface area contributed by atoms with Gasteiger partial charge in [0, 0.05) is 13.0 Å². The first-order valence-electron chi connectivity index (χ1n) is 11.9. The van der Waals surface area contributed by atoms with E-state index in [1.165, 1.54) is 19.4 Å². The third-order valence-electron chi connectivity index (χ3n) is 7.46. The standard InChI is InChI=1S/C25H33N3O4/c1-4-27(5-2)14-17-11-16(12-17)10-15(3)18-6-7-19-20(13-18)25(32)28(24(19)31)21-8-9-22(29)26-23(21)30/h6-7,13,15-17,21H,4-5,8-12,14H2,1-3H3,(H,26,29,30). The summed E-state index contributed by atoms with van der Waals surface area (Å²) >= 11 is 0. The number of hydrogen-bond acceptors (Lipinski definition) is 5. The average Bonchev–Trinajstić information content (AvgIpc) is 2.99. The van der Waals surface area contributed by atoms with Gasteiger partial charge in [-0.3, -0.25) is 29.4 Å². The van der Waals surface area contributed by atoms with E-state index in [0.717, 1.165) is 35.9 Å². The lowest BCUT2D eigenvalue weighted by atomic mass is 9.70. The van der Waals surface area contributed by atoms with Crippen LogP contribution in [0.5, 0.6) is 0 Å². The Morgan fingerprint density at radius 3 is 2.38 bits per heavy atom. The predicted octanol–water partition coefficient (Wildman–Crippen LogP) is 2.95. The van der Waals surface area contributed by atoms with Crippen LogP contribution in [0.2, 0.25) is 0 Å². The fraction of sp³-hybridized carbons (Fsp3) is 0.600. The van der Waals surface area contributed by atoms with E-state index in [2.05, 4.69) is 31.0 Å². The SMILES string of the molecule is CCN(CC)CC1CC(CC(C)c2ccc3c(c2)C(=O)N(C2CCC(=O)NC2=O)C3=O)C1. The second-order valence-electron chi connectivity index (χ2n) is 9.58. The van der Waals surface area contributed by atoms with Crippen LogP contribution in [-0.4, -0.2) is 59.1 Å². The van der Waals surface area contributed by atoms with Gasteiger partial charge in [-0.05, 0) is 74.2 Å². The predicted molar refractivity (Wildman–Crippen MR) is 120 cm³/mol. The molecular weight excluding hydrogens is 406 g/mol. The Hall–Kier alpha value is -2.54. The average molecular weight is 440 g/mol. The summed E-state index contributed by atoms with van der Waals surface area (Å²) in [5.74, 6) is -0.0342. The molecule has 4 amide bonds. The highest BCUT2D eigenvalue weighted by Gasteiger charge is 2.44. The number of amides is 4. The maximum absolute atomic E-state index is 13.0. The molecule has 1 aromatic rings. The highest BCUT2D eigenvalue weighted by Crippen LogP contribution is 2.41. The molecule has 2 unspecified atom stereocenters. The zero-order valence-corrected chi connectivity index (χ0v) is 19.2. The molecule has 32 heavy (non-hydrogen) atoms. The lowest BCUT2D eigenvalue weighted by molar-refractivity contribution is -0.136. The van der Waals surface area contributed by atoms with E-state index in [0.29, 0.717) is 23.0 Å². The van der Waals surface area contributed by atoms with Crippen LogP contribution in [-0.2, 0) is 9.59 Å². The van der Waals surface area contributed by atoms with Gasteiger partial charge in [-0.15, -0.1) is 0 Å². The van der Waals surface area contributed by atoms with Gasteiger partial charge in [-0.1, -0.05) is 26.8 Å². The van der Waals surface area contributed by atoms with E-state index in [9.17, 15) is 19.2 Å². The normalized spacial score (nSPS) is 26.2. The number of piperidine rings is 1. The van der Waals surface area contributed by atoms with Gasteiger partial charge in [0.1, 0.15) is 6.04 Å². The van der Waals surface area contributed by atoms with Crippen molar-refractivity contribution in [1.82, 2.24) is 15.1 Å². The van der Waals surface area contributed by atoms with E-state index in [-0.39, 0.29) is 18.7 Å². The van der Waals surface area contributed by atoms with Crippen LogP contribution in [0.15, 0.2) is 18.2 Å². The Kier molecular flexibility index (Phi) is 6.47. The number of imide groups is 2. The highest BCUT2D eigenvalue weighted by molar-refractivity contribution is 6.23. The molecule has 172 valence electrons. The van der Waals surface area contributed by atoms with Gasteiger partial charge in [0.25, 0.3) is 11.8 Å². The molecule has 2 aliphatic heterocycles. The highest BCUT2D eigenvalue weighted by atomic mass is 16.2. The van der Waals surface area contributed by atoms with Crippen LogP contribution in [0.4, 0.5) is 0 Å². The molecule has 3 aliphatic rings. The number of rotatable bonds is 8. The van der Waals surface area contributed by atoms with Crippen molar-refractivity contribution in [3.05, 3.63) is 34.9 Å². The molecule has 7 heteroatoms. The van der Waals surface area contributed by atoms with E-state index >= 15 is 0 Å². The molecule has 4 rings (SSSR count). The maximum Gasteiger partial charge on any atom is 0.262 e. The molecular formula is C25H33N3O4. The molecule has 7 nitrogen and oxygen atoms in total. The third-order valence-corrected chi connectivity index (χ3v) is 7.46. The minimum absolute atomic E-state index is 0.128. The van der Waals surface area contributed by atoms with Gasteiger partial charge in [0.05, 0.1) is 11.1 Å². The summed E-state index contributed by atoms with van der Waals surface area (Å²) in [7, 11) is 0. The van der Waals surface area contributed by atoms with E-state index in [1.54, 1.807) is 6.07 Å². The molecule has 1 aromatic carbocycles. The monoisotopic (exact) mass is 439 g/mol. The summed E-state index contributed by atoms with van der Waals surface area (Å²) in [6, 6.07) is 4.57. The molecule has 2 atom stereocenters. The topological polar surface area (TPSA) is 86.8 Å². The molecule has 0 spiro atoms. The first-order valence-corrected chi connectivity index (χ1v) is 11.9. The molecule has 0 bridgehead atoms. The largest absolute Gasteiger partial charge is 0.304 e. The Morgan fingerprint density at radius 1 is 1.03 bits per heavy atom. The third kappa shape index (κ3) is 4.22. The fourth-order valence-electron chi connectivity index (χ4n) is 5.49. The van der Waals surface area contributed by atoms with Crippen molar-refractivity contribution in [2.45, 2.75) is 64.8 Å². The molecule has 0 radical (unpaired) electrons. The number of carbonyl (C=O) groups excluding carboxylic acids is 4. The summed E-state index contributed by atoms with van der Waals surface area (Å²) in [6.07, 6.45) is 3.89. The minimum atomic E-state index is -0.918. The molecule has 2 fully saturated rings. The van der Waals surface area contributed by atoms with Crippen molar-refractivity contribution in [3.63, 3.8) is 0 Å². The lowest BCUT2D eigenvalue weighted by Gasteiger charge is -2.39. The smallest absolute Gasteiger partial charge is 0.262 e. The zero-order valence-electron chi connectivity index (χ0n) is 19.2. The maximum atomic E-state index is 13.0. The Labute approximate surface area is 189 Å². The van der Waals surface area contributed by atoms with Crippen molar-refractivity contribution < 1.29 is 19.2 Å². The molecule has 2 heterocycles. The molecule has 1 saturated carbocycles. The van der Waals surface area contributed by atoms with E-state index in [4.69, 9.17) is 0 Å². The van der Waals surface area contributed by atoms with Crippen molar-refractivity contribution >= 4 is 23.6 Å². The summed E-state index contributed by atoms with van der Waals surface area (Å²) in [5, 5.41) is 2.23. The van der Waals surface area contributed by atoms with E-state index in [1.807, 2.05) is 12.1 Å². The van der Waals surface area contributed by atoms with Gasteiger partial charge in [0.2, 0.25) is 11.8 Å². The van der Waals surface area contributed by atoms with Crippen molar-refractivity contribution in [2.24, 2.45) is 11.8 Å². The Bertz CT molecular complexity index is 933. The van der Waals surface area contributed by atoms with Crippen LogP contribution in [0.25, 0.3) is 0 Å². The quantitative estimate of drug-likeness (QED) is 0.630. The molecule has 1 saturated heterocycles. The van der Waals surface area contributed by atoms with Crippen LogP contribution >= 0.6 is 0 Å². The number of hydrogen-bond donors (Lipinski definition) is 1. The van der Waals surface area contributed by atoms with Gasteiger partial charge < -0.3 is 4.90 Å². The van der Waals surface area contributed by atoms with Crippen LogP contribution in [0.3, 0.4) is 0 Å². The second-order valence-corrected chi connectivity index (χ2v) is 9.58.